The van der Waals surface area contributed by atoms with Gasteiger partial charge in [-0.2, -0.15) is 0 Å². The number of aryl methyl sites for hydroxylation is 1. The van der Waals surface area contributed by atoms with Gasteiger partial charge in [0.05, 0.1) is 27.1 Å². The minimum absolute atomic E-state index is 0.00469. The van der Waals surface area contributed by atoms with Crippen molar-refractivity contribution in [1.82, 2.24) is 5.32 Å². The molecule has 1 aliphatic rings. The van der Waals surface area contributed by atoms with E-state index in [2.05, 4.69) is 10.3 Å². The highest BCUT2D eigenvalue weighted by Gasteiger charge is 2.24. The third-order valence-electron chi connectivity index (χ3n) is 5.08. The number of carbonyl (C=O) groups excluding carboxylic acids is 1. The van der Waals surface area contributed by atoms with Crippen LogP contribution in [-0.2, 0) is 11.4 Å². The lowest BCUT2D eigenvalue weighted by Crippen LogP contribution is -2.19. The van der Waals surface area contributed by atoms with Gasteiger partial charge < -0.3 is 14.8 Å². The first-order valence-electron chi connectivity index (χ1n) is 11.0. The third kappa shape index (κ3) is 6.24. The normalized spacial score (nSPS) is 15.2. The number of halogens is 1. The summed E-state index contributed by atoms with van der Waals surface area (Å²) in [6.45, 7) is 4.37. The molecular formula is C26H22ClN3O5S. The van der Waals surface area contributed by atoms with E-state index in [0.717, 1.165) is 16.8 Å². The zero-order chi connectivity index (χ0) is 25.7. The second-order valence-electron chi connectivity index (χ2n) is 7.79. The van der Waals surface area contributed by atoms with Crippen molar-refractivity contribution >= 4 is 51.9 Å². The van der Waals surface area contributed by atoms with E-state index in [-0.39, 0.29) is 18.2 Å². The molecule has 184 valence electrons. The number of hydrogen-bond donors (Lipinski definition) is 1. The molecule has 0 radical (unpaired) electrons. The molecule has 1 saturated heterocycles. The average Bonchev–Trinajstić information content (AvgIpc) is 3.18. The average molecular weight is 524 g/mol. The summed E-state index contributed by atoms with van der Waals surface area (Å²) in [5.41, 5.74) is 3.29. The number of amides is 1. The SMILES string of the molecule is CCOc1cc(/C=C2/SC(=Nc3ccc(C)cc3)NC2=O)cc(Cl)c1OCc1ccc([N+](=O)[O-])cc1. The zero-order valence-corrected chi connectivity index (χ0v) is 21.1. The van der Waals surface area contributed by atoms with Crippen LogP contribution in [0, 0.1) is 17.0 Å². The van der Waals surface area contributed by atoms with E-state index in [1.54, 1.807) is 30.3 Å². The molecule has 4 rings (SSSR count). The molecule has 3 aromatic rings. The Morgan fingerprint density at radius 1 is 1.11 bits per heavy atom. The maximum Gasteiger partial charge on any atom is 0.269 e. The van der Waals surface area contributed by atoms with Crippen LogP contribution in [0.15, 0.2) is 70.6 Å². The highest BCUT2D eigenvalue weighted by molar-refractivity contribution is 8.18. The van der Waals surface area contributed by atoms with Crippen LogP contribution in [0.25, 0.3) is 6.08 Å². The van der Waals surface area contributed by atoms with E-state index in [0.29, 0.717) is 38.8 Å². The van der Waals surface area contributed by atoms with Gasteiger partial charge in [0.25, 0.3) is 11.6 Å². The molecule has 1 aliphatic heterocycles. The maximum atomic E-state index is 12.5. The van der Waals surface area contributed by atoms with Crippen LogP contribution < -0.4 is 14.8 Å². The lowest BCUT2D eigenvalue weighted by molar-refractivity contribution is -0.384. The quantitative estimate of drug-likeness (QED) is 0.207. The molecule has 0 bridgehead atoms. The van der Waals surface area contributed by atoms with Crippen molar-refractivity contribution in [3.63, 3.8) is 0 Å². The molecule has 3 aromatic carbocycles. The van der Waals surface area contributed by atoms with Crippen molar-refractivity contribution in [3.8, 4) is 11.5 Å². The van der Waals surface area contributed by atoms with Crippen molar-refractivity contribution < 1.29 is 19.2 Å². The molecule has 0 saturated carbocycles. The number of non-ortho nitro benzene ring substituents is 1. The number of hydrogen-bond acceptors (Lipinski definition) is 7. The first-order valence-corrected chi connectivity index (χ1v) is 12.2. The van der Waals surface area contributed by atoms with E-state index in [4.69, 9.17) is 21.1 Å². The lowest BCUT2D eigenvalue weighted by Gasteiger charge is -2.14. The number of nitro benzene ring substituents is 1. The van der Waals surface area contributed by atoms with Crippen molar-refractivity contribution in [3.05, 3.63) is 97.4 Å². The smallest absolute Gasteiger partial charge is 0.269 e. The largest absolute Gasteiger partial charge is 0.490 e. The summed E-state index contributed by atoms with van der Waals surface area (Å²) in [4.78, 5) is 27.9. The molecule has 0 aliphatic carbocycles. The number of benzene rings is 3. The Labute approximate surface area is 217 Å². The molecule has 0 aromatic heterocycles. The number of carbonyl (C=O) groups is 1. The van der Waals surface area contributed by atoms with Gasteiger partial charge in [-0.15, -0.1) is 0 Å². The number of nitrogens with one attached hydrogen (secondary N) is 1. The van der Waals surface area contributed by atoms with Crippen LogP contribution >= 0.6 is 23.4 Å². The maximum absolute atomic E-state index is 12.5. The van der Waals surface area contributed by atoms with Gasteiger partial charge in [0.15, 0.2) is 16.7 Å². The first-order chi connectivity index (χ1) is 17.3. The van der Waals surface area contributed by atoms with Gasteiger partial charge in [0.1, 0.15) is 6.61 Å². The number of ether oxygens (including phenoxy) is 2. The molecule has 36 heavy (non-hydrogen) atoms. The summed E-state index contributed by atoms with van der Waals surface area (Å²) < 4.78 is 11.6. The Morgan fingerprint density at radius 3 is 2.50 bits per heavy atom. The van der Waals surface area contributed by atoms with Crippen LogP contribution in [0.3, 0.4) is 0 Å². The van der Waals surface area contributed by atoms with Gasteiger partial charge in [-0.3, -0.25) is 14.9 Å². The Balaban J connectivity index is 1.53. The summed E-state index contributed by atoms with van der Waals surface area (Å²) in [6.07, 6.45) is 1.71. The minimum Gasteiger partial charge on any atom is -0.490 e. The van der Waals surface area contributed by atoms with E-state index >= 15 is 0 Å². The Kier molecular flexibility index (Phi) is 7.92. The number of nitrogens with zero attached hydrogens (tertiary/aromatic N) is 2. The fraction of sp³-hybridized carbons (Fsp3) is 0.154. The number of rotatable bonds is 8. The van der Waals surface area contributed by atoms with Gasteiger partial charge in [0.2, 0.25) is 0 Å². The molecule has 8 nitrogen and oxygen atoms in total. The predicted octanol–water partition coefficient (Wildman–Crippen LogP) is 6.43. The van der Waals surface area contributed by atoms with E-state index in [1.165, 1.54) is 23.9 Å². The summed E-state index contributed by atoms with van der Waals surface area (Å²) in [7, 11) is 0. The fourth-order valence-electron chi connectivity index (χ4n) is 3.31. The molecule has 10 heteroatoms. The van der Waals surface area contributed by atoms with Crippen LogP contribution in [0.1, 0.15) is 23.6 Å². The summed E-state index contributed by atoms with van der Waals surface area (Å²) >= 11 is 7.76. The molecule has 1 N–H and O–H groups in total. The number of thioether (sulfide) groups is 1. The fourth-order valence-corrected chi connectivity index (χ4v) is 4.43. The van der Waals surface area contributed by atoms with Crippen molar-refractivity contribution in [1.29, 1.82) is 0 Å². The highest BCUT2D eigenvalue weighted by atomic mass is 35.5. The molecule has 1 amide bonds. The molecule has 0 unspecified atom stereocenters. The zero-order valence-electron chi connectivity index (χ0n) is 19.5. The third-order valence-corrected chi connectivity index (χ3v) is 6.27. The second-order valence-corrected chi connectivity index (χ2v) is 9.23. The Bertz CT molecular complexity index is 1360. The summed E-state index contributed by atoms with van der Waals surface area (Å²) in [5.74, 6) is 0.526. The molecular weight excluding hydrogens is 502 g/mol. The molecule has 0 spiro atoms. The topological polar surface area (TPSA) is 103 Å². The summed E-state index contributed by atoms with van der Waals surface area (Å²) in [5, 5.41) is 14.4. The standard InChI is InChI=1S/C26H22ClN3O5S/c1-3-34-22-13-18(12-21(27)24(22)35-15-17-6-10-20(11-7-17)30(32)33)14-23-25(31)29-26(36-23)28-19-8-4-16(2)5-9-19/h4-14H,3,15H2,1-2H3,(H,28,29,31)/b23-14+. The minimum atomic E-state index is -0.456. The first kappa shape index (κ1) is 25.3. The van der Waals surface area contributed by atoms with Gasteiger partial charge in [-0.1, -0.05) is 29.3 Å². The van der Waals surface area contributed by atoms with Crippen molar-refractivity contribution in [2.24, 2.45) is 4.99 Å². The van der Waals surface area contributed by atoms with Crippen LogP contribution in [0.4, 0.5) is 11.4 Å². The summed E-state index contributed by atoms with van der Waals surface area (Å²) in [6, 6.07) is 17.2. The van der Waals surface area contributed by atoms with Crippen molar-refractivity contribution in [2.75, 3.05) is 6.61 Å². The Morgan fingerprint density at radius 2 is 1.83 bits per heavy atom. The number of nitro groups is 1. The van der Waals surface area contributed by atoms with Gasteiger partial charge >= 0.3 is 0 Å². The molecule has 1 heterocycles. The van der Waals surface area contributed by atoms with Gasteiger partial charge in [-0.25, -0.2) is 4.99 Å². The lowest BCUT2D eigenvalue weighted by atomic mass is 10.1. The van der Waals surface area contributed by atoms with E-state index in [9.17, 15) is 14.9 Å². The monoisotopic (exact) mass is 523 g/mol. The van der Waals surface area contributed by atoms with E-state index < -0.39 is 4.92 Å². The van der Waals surface area contributed by atoms with Crippen LogP contribution in [-0.4, -0.2) is 22.6 Å². The van der Waals surface area contributed by atoms with Crippen LogP contribution in [0.5, 0.6) is 11.5 Å². The second kappa shape index (κ2) is 11.3. The van der Waals surface area contributed by atoms with Crippen LogP contribution in [0.2, 0.25) is 5.02 Å². The molecule has 1 fully saturated rings. The molecule has 0 atom stereocenters. The number of aliphatic imine (C=N–C) groups is 1. The van der Waals surface area contributed by atoms with Crippen molar-refractivity contribution in [2.45, 2.75) is 20.5 Å². The Hall–Kier alpha value is -3.82. The van der Waals surface area contributed by atoms with Gasteiger partial charge in [-0.05, 0) is 79.2 Å². The van der Waals surface area contributed by atoms with E-state index in [1.807, 2.05) is 38.1 Å². The predicted molar refractivity (Wildman–Crippen MR) is 142 cm³/mol. The van der Waals surface area contributed by atoms with Gasteiger partial charge in [0, 0.05) is 12.1 Å². The highest BCUT2D eigenvalue weighted by Crippen LogP contribution is 2.39. The number of amidine groups is 1.